The molecule has 0 aliphatic heterocycles. The number of carbonyl (C=O) groups is 1. The average molecular weight is 346 g/mol. The first kappa shape index (κ1) is 16.6. The third kappa shape index (κ3) is 3.82. The number of nitrogens with zero attached hydrogens (tertiary/aromatic N) is 5. The number of likely N-dealkylation sites (N-methyl/N-ethyl adjacent to an activating group) is 1. The summed E-state index contributed by atoms with van der Waals surface area (Å²) in [7, 11) is 0. The van der Waals surface area contributed by atoms with E-state index in [0.717, 1.165) is 30.5 Å². The fourth-order valence-electron chi connectivity index (χ4n) is 2.84. The van der Waals surface area contributed by atoms with Crippen molar-refractivity contribution in [3.8, 4) is 11.4 Å². The summed E-state index contributed by atoms with van der Waals surface area (Å²) in [6.45, 7) is 2.73. The summed E-state index contributed by atoms with van der Waals surface area (Å²) in [4.78, 5) is 15.7. The van der Waals surface area contributed by atoms with Gasteiger partial charge in [0.25, 0.3) is 0 Å². The number of benzene rings is 1. The Morgan fingerprint density at radius 3 is 2.75 bits per heavy atom. The molecule has 1 aromatic carbocycles. The molecule has 0 spiro atoms. The zero-order chi connectivity index (χ0) is 16.9. The van der Waals surface area contributed by atoms with Crippen molar-refractivity contribution < 1.29 is 4.79 Å². The van der Waals surface area contributed by atoms with Crippen molar-refractivity contribution in [1.29, 1.82) is 0 Å². The normalized spacial score (nSPS) is 14.3. The molecule has 0 unspecified atom stereocenters. The monoisotopic (exact) mass is 345 g/mol. The molecule has 3 rings (SSSR count). The van der Waals surface area contributed by atoms with E-state index in [1.54, 1.807) is 12.1 Å². The maximum atomic E-state index is 12.6. The van der Waals surface area contributed by atoms with E-state index in [0.29, 0.717) is 17.4 Å². The zero-order valence-electron chi connectivity index (χ0n) is 13.7. The van der Waals surface area contributed by atoms with Crippen LogP contribution in [0.3, 0.4) is 0 Å². The second-order valence-electron chi connectivity index (χ2n) is 5.73. The maximum absolute atomic E-state index is 12.6. The topological polar surface area (TPSA) is 63.9 Å². The van der Waals surface area contributed by atoms with E-state index in [4.69, 9.17) is 11.6 Å². The minimum Gasteiger partial charge on any atom is -0.315 e. The van der Waals surface area contributed by atoms with Crippen LogP contribution in [0.5, 0.6) is 0 Å². The molecule has 0 radical (unpaired) electrons. The van der Waals surface area contributed by atoms with Crippen LogP contribution in [0.25, 0.3) is 11.4 Å². The Balaban J connectivity index is 1.70. The summed E-state index contributed by atoms with van der Waals surface area (Å²) in [5.41, 5.74) is 1.94. The van der Waals surface area contributed by atoms with Crippen molar-refractivity contribution >= 4 is 17.5 Å². The minimum absolute atomic E-state index is 0.00861. The number of carbonyl (C=O) groups excluding carboxylic acids is 1. The lowest BCUT2D eigenvalue weighted by Gasteiger charge is -2.26. The molecule has 0 fully saturated rings. The van der Waals surface area contributed by atoms with Crippen molar-refractivity contribution in [3.05, 3.63) is 41.1 Å². The molecule has 126 valence electrons. The fourth-order valence-corrected chi connectivity index (χ4v) is 2.96. The molecule has 0 bridgehead atoms. The van der Waals surface area contributed by atoms with E-state index in [9.17, 15) is 4.79 Å². The van der Waals surface area contributed by atoms with Gasteiger partial charge in [0.15, 0.2) is 0 Å². The predicted octanol–water partition coefficient (Wildman–Crippen LogP) is 3.30. The average Bonchev–Trinajstić information content (AvgIpc) is 3.05. The molecule has 0 saturated carbocycles. The smallest absolute Gasteiger partial charge is 0.250 e. The number of aromatic nitrogens is 4. The standard InChI is InChI=1S/C17H20ClN5O/c1-2-22(15-6-4-3-5-7-15)16(24)12-23-20-17(19-21-23)13-8-10-14(18)11-9-13/h6,8-11H,2-5,7,12H2,1H3. The van der Waals surface area contributed by atoms with Crippen LogP contribution in [0, 0.1) is 0 Å². The Morgan fingerprint density at radius 1 is 1.29 bits per heavy atom. The SMILES string of the molecule is CCN(C(=O)Cn1nnc(-c2ccc(Cl)cc2)n1)C1=CCCCC1. The molecule has 0 saturated heterocycles. The first-order valence-corrected chi connectivity index (χ1v) is 8.58. The summed E-state index contributed by atoms with van der Waals surface area (Å²) < 4.78 is 0. The quantitative estimate of drug-likeness (QED) is 0.834. The number of tetrazole rings is 1. The van der Waals surface area contributed by atoms with Gasteiger partial charge in [0.05, 0.1) is 0 Å². The molecule has 1 aliphatic carbocycles. The van der Waals surface area contributed by atoms with Crippen LogP contribution < -0.4 is 0 Å². The Labute approximate surface area is 146 Å². The lowest BCUT2D eigenvalue weighted by atomic mass is 10.0. The highest BCUT2D eigenvalue weighted by Crippen LogP contribution is 2.21. The molecule has 1 aliphatic rings. The largest absolute Gasteiger partial charge is 0.315 e. The number of rotatable bonds is 5. The molecular weight excluding hydrogens is 326 g/mol. The molecule has 24 heavy (non-hydrogen) atoms. The van der Waals surface area contributed by atoms with E-state index in [1.807, 2.05) is 24.0 Å². The molecule has 0 N–H and O–H groups in total. The summed E-state index contributed by atoms with van der Waals surface area (Å²) >= 11 is 5.88. The highest BCUT2D eigenvalue weighted by atomic mass is 35.5. The second kappa shape index (κ2) is 7.57. The predicted molar refractivity (Wildman–Crippen MR) is 92.2 cm³/mol. The zero-order valence-corrected chi connectivity index (χ0v) is 14.4. The van der Waals surface area contributed by atoms with E-state index >= 15 is 0 Å². The van der Waals surface area contributed by atoms with Crippen LogP contribution in [0.15, 0.2) is 36.0 Å². The molecule has 7 heteroatoms. The van der Waals surface area contributed by atoms with Crippen molar-refractivity contribution in [3.63, 3.8) is 0 Å². The fraction of sp³-hybridized carbons (Fsp3) is 0.412. The summed E-state index contributed by atoms with van der Waals surface area (Å²) in [5, 5.41) is 13.0. The molecule has 1 aromatic heterocycles. The van der Waals surface area contributed by atoms with Crippen LogP contribution in [-0.2, 0) is 11.3 Å². The molecule has 0 atom stereocenters. The first-order valence-electron chi connectivity index (χ1n) is 8.20. The Bertz CT molecular complexity index is 738. The number of hydrogen-bond donors (Lipinski definition) is 0. The third-order valence-electron chi connectivity index (χ3n) is 4.06. The highest BCUT2D eigenvalue weighted by Gasteiger charge is 2.19. The van der Waals surface area contributed by atoms with Gasteiger partial charge >= 0.3 is 0 Å². The van der Waals surface area contributed by atoms with Crippen molar-refractivity contribution in [1.82, 2.24) is 25.1 Å². The Kier molecular flexibility index (Phi) is 5.25. The lowest BCUT2D eigenvalue weighted by Crippen LogP contribution is -2.34. The molecule has 1 amide bonds. The third-order valence-corrected chi connectivity index (χ3v) is 4.31. The van der Waals surface area contributed by atoms with E-state index in [2.05, 4.69) is 21.5 Å². The minimum atomic E-state index is -0.00861. The van der Waals surface area contributed by atoms with Crippen LogP contribution in [0.1, 0.15) is 32.6 Å². The van der Waals surface area contributed by atoms with Gasteiger partial charge in [0.1, 0.15) is 6.54 Å². The van der Waals surface area contributed by atoms with Crippen LogP contribution in [-0.4, -0.2) is 37.6 Å². The van der Waals surface area contributed by atoms with E-state index < -0.39 is 0 Å². The van der Waals surface area contributed by atoms with Gasteiger partial charge in [-0.25, -0.2) is 0 Å². The summed E-state index contributed by atoms with van der Waals surface area (Å²) in [5.74, 6) is 0.477. The molecular formula is C17H20ClN5O. The first-order chi connectivity index (χ1) is 11.7. The molecule has 6 nitrogen and oxygen atoms in total. The second-order valence-corrected chi connectivity index (χ2v) is 6.17. The Morgan fingerprint density at radius 2 is 2.08 bits per heavy atom. The van der Waals surface area contributed by atoms with Crippen LogP contribution in [0.2, 0.25) is 5.02 Å². The Hall–Kier alpha value is -2.21. The highest BCUT2D eigenvalue weighted by molar-refractivity contribution is 6.30. The van der Waals surface area contributed by atoms with Gasteiger partial charge in [-0.3, -0.25) is 4.79 Å². The molecule has 1 heterocycles. The number of halogens is 1. The van der Waals surface area contributed by atoms with Gasteiger partial charge in [0, 0.05) is 22.8 Å². The van der Waals surface area contributed by atoms with Crippen LogP contribution in [0.4, 0.5) is 0 Å². The summed E-state index contributed by atoms with van der Waals surface area (Å²) in [6.07, 6.45) is 6.50. The van der Waals surface area contributed by atoms with E-state index in [-0.39, 0.29) is 12.5 Å². The van der Waals surface area contributed by atoms with Gasteiger partial charge in [-0.2, -0.15) is 4.80 Å². The maximum Gasteiger partial charge on any atom is 0.250 e. The summed E-state index contributed by atoms with van der Waals surface area (Å²) in [6, 6.07) is 7.21. The van der Waals surface area contributed by atoms with Crippen molar-refractivity contribution in [2.45, 2.75) is 39.2 Å². The van der Waals surface area contributed by atoms with Gasteiger partial charge in [0.2, 0.25) is 11.7 Å². The van der Waals surface area contributed by atoms with Crippen molar-refractivity contribution in [2.75, 3.05) is 6.54 Å². The number of allylic oxidation sites excluding steroid dienone is 2. The number of amides is 1. The van der Waals surface area contributed by atoms with Crippen LogP contribution >= 0.6 is 11.6 Å². The van der Waals surface area contributed by atoms with E-state index in [1.165, 1.54) is 11.2 Å². The lowest BCUT2D eigenvalue weighted by molar-refractivity contribution is -0.130. The van der Waals surface area contributed by atoms with Gasteiger partial charge < -0.3 is 4.90 Å². The number of hydrogen-bond acceptors (Lipinski definition) is 4. The van der Waals surface area contributed by atoms with Crippen molar-refractivity contribution in [2.24, 2.45) is 0 Å². The van der Waals surface area contributed by atoms with Gasteiger partial charge in [-0.15, -0.1) is 10.2 Å². The van der Waals surface area contributed by atoms with Gasteiger partial charge in [-0.1, -0.05) is 17.7 Å². The van der Waals surface area contributed by atoms with Gasteiger partial charge in [-0.05, 0) is 62.1 Å². The molecule has 2 aromatic rings.